The summed E-state index contributed by atoms with van der Waals surface area (Å²) in [6.07, 6.45) is 0. The van der Waals surface area contributed by atoms with E-state index in [1.165, 1.54) is 77.0 Å². The number of rotatable bonds is 5. The molecule has 0 spiro atoms. The Labute approximate surface area is 328 Å². The van der Waals surface area contributed by atoms with Gasteiger partial charge in [-0.1, -0.05) is 133 Å². The molecule has 0 atom stereocenters. The molecule has 0 saturated carbocycles. The molecule has 0 saturated heterocycles. The standard InChI is InChI=1S/C54H34N2O/c1-2-10-35(11-3-1)36-18-20-37(21-19-36)38-22-26-41(27-23-38)55-49-15-7-4-12-43(49)46-32-39(24-29-51(46)55)40-25-30-52-47(33-40)44-13-5-8-16-50(44)56(52)42-28-31-54-48(34-42)45-14-6-9-17-53(45)57-54/h1-34H. The summed E-state index contributed by atoms with van der Waals surface area (Å²) < 4.78 is 11.0. The minimum Gasteiger partial charge on any atom is -0.456 e. The minimum atomic E-state index is 0.904. The van der Waals surface area contributed by atoms with Crippen molar-refractivity contribution in [1.29, 1.82) is 0 Å². The van der Waals surface area contributed by atoms with Crippen molar-refractivity contribution in [2.75, 3.05) is 0 Å². The maximum Gasteiger partial charge on any atom is 0.135 e. The Balaban J connectivity index is 0.940. The molecule has 12 rings (SSSR count). The molecule has 12 aromatic rings. The molecular formula is C54H34N2O. The van der Waals surface area contributed by atoms with E-state index in [9.17, 15) is 0 Å². The van der Waals surface area contributed by atoms with Crippen LogP contribution in [-0.4, -0.2) is 9.13 Å². The third kappa shape index (κ3) is 4.99. The summed E-state index contributed by atoms with van der Waals surface area (Å²) in [6, 6.07) is 74.5. The Morgan fingerprint density at radius 2 is 0.667 bits per heavy atom. The number of fused-ring (bicyclic) bond motifs is 9. The fourth-order valence-electron chi connectivity index (χ4n) is 9.00. The first-order valence-electron chi connectivity index (χ1n) is 19.5. The van der Waals surface area contributed by atoms with Gasteiger partial charge in [-0.2, -0.15) is 0 Å². The molecule has 0 fully saturated rings. The predicted octanol–water partition coefficient (Wildman–Crippen LogP) is 14.8. The van der Waals surface area contributed by atoms with Gasteiger partial charge in [0, 0.05) is 43.7 Å². The predicted molar refractivity (Wildman–Crippen MR) is 239 cm³/mol. The summed E-state index contributed by atoms with van der Waals surface area (Å²) in [6.45, 7) is 0. The van der Waals surface area contributed by atoms with E-state index >= 15 is 0 Å². The lowest BCUT2D eigenvalue weighted by Crippen LogP contribution is -1.94. The molecule has 0 unspecified atom stereocenters. The molecule has 0 N–H and O–H groups in total. The van der Waals surface area contributed by atoms with Gasteiger partial charge in [-0.25, -0.2) is 0 Å². The topological polar surface area (TPSA) is 23.0 Å². The fourth-order valence-corrected chi connectivity index (χ4v) is 9.00. The van der Waals surface area contributed by atoms with E-state index in [0.717, 1.165) is 33.3 Å². The van der Waals surface area contributed by atoms with Gasteiger partial charge in [0.25, 0.3) is 0 Å². The third-order valence-electron chi connectivity index (χ3n) is 11.7. The SMILES string of the molecule is c1ccc(-c2ccc(-c3ccc(-n4c5ccccc5c5cc(-c6ccc7c(c6)c6ccccc6n7-c6ccc7oc8ccccc8c7c6)ccc54)cc3)cc2)cc1. The van der Waals surface area contributed by atoms with Gasteiger partial charge in [0.15, 0.2) is 0 Å². The lowest BCUT2D eigenvalue weighted by atomic mass is 10.00. The molecule has 57 heavy (non-hydrogen) atoms. The molecule has 0 aliphatic heterocycles. The zero-order valence-electron chi connectivity index (χ0n) is 30.9. The Morgan fingerprint density at radius 1 is 0.246 bits per heavy atom. The average Bonchev–Trinajstić information content (AvgIpc) is 3.94. The maximum atomic E-state index is 6.17. The first kappa shape index (κ1) is 31.7. The van der Waals surface area contributed by atoms with Crippen LogP contribution in [0.25, 0.3) is 110 Å². The number of nitrogens with zero attached hydrogens (tertiary/aromatic N) is 2. The number of para-hydroxylation sites is 3. The largest absolute Gasteiger partial charge is 0.456 e. The minimum absolute atomic E-state index is 0.904. The van der Waals surface area contributed by atoms with Gasteiger partial charge in [0.1, 0.15) is 11.2 Å². The van der Waals surface area contributed by atoms with Crippen LogP contribution in [0.15, 0.2) is 211 Å². The molecule has 0 bridgehead atoms. The Kier molecular flexibility index (Phi) is 6.93. The van der Waals surface area contributed by atoms with Crippen LogP contribution in [0.1, 0.15) is 0 Å². The quantitative estimate of drug-likeness (QED) is 0.173. The molecular weight excluding hydrogens is 693 g/mol. The highest BCUT2D eigenvalue weighted by atomic mass is 16.3. The van der Waals surface area contributed by atoms with Crippen molar-refractivity contribution in [3.05, 3.63) is 206 Å². The molecule has 3 aromatic heterocycles. The monoisotopic (exact) mass is 726 g/mol. The van der Waals surface area contributed by atoms with Crippen LogP contribution in [-0.2, 0) is 0 Å². The summed E-state index contributed by atoms with van der Waals surface area (Å²) in [4.78, 5) is 0. The Morgan fingerprint density at radius 3 is 1.28 bits per heavy atom. The molecule has 3 heterocycles. The molecule has 0 amide bonds. The lowest BCUT2D eigenvalue weighted by molar-refractivity contribution is 0.669. The van der Waals surface area contributed by atoms with Crippen LogP contribution >= 0.6 is 0 Å². The second-order valence-corrected chi connectivity index (χ2v) is 14.9. The van der Waals surface area contributed by atoms with Gasteiger partial charge in [-0.05, 0) is 106 Å². The van der Waals surface area contributed by atoms with Gasteiger partial charge >= 0.3 is 0 Å². The molecule has 3 nitrogen and oxygen atoms in total. The number of hydrogen-bond acceptors (Lipinski definition) is 1. The average molecular weight is 727 g/mol. The van der Waals surface area contributed by atoms with E-state index in [2.05, 4.69) is 203 Å². The first-order chi connectivity index (χ1) is 28.2. The van der Waals surface area contributed by atoms with Crippen molar-refractivity contribution in [2.45, 2.75) is 0 Å². The molecule has 266 valence electrons. The van der Waals surface area contributed by atoms with Crippen molar-refractivity contribution in [3.8, 4) is 44.8 Å². The second-order valence-electron chi connectivity index (χ2n) is 14.9. The highest BCUT2D eigenvalue weighted by Crippen LogP contribution is 2.40. The van der Waals surface area contributed by atoms with Crippen molar-refractivity contribution in [3.63, 3.8) is 0 Å². The number of aromatic nitrogens is 2. The van der Waals surface area contributed by atoms with Crippen LogP contribution in [0.5, 0.6) is 0 Å². The van der Waals surface area contributed by atoms with E-state index in [4.69, 9.17) is 4.42 Å². The summed E-state index contributed by atoms with van der Waals surface area (Å²) in [5, 5.41) is 7.22. The Hall–Kier alpha value is -7.62. The summed E-state index contributed by atoms with van der Waals surface area (Å²) in [7, 11) is 0. The summed E-state index contributed by atoms with van der Waals surface area (Å²) in [5.74, 6) is 0. The van der Waals surface area contributed by atoms with E-state index in [0.29, 0.717) is 0 Å². The highest BCUT2D eigenvalue weighted by Gasteiger charge is 2.17. The molecule has 9 aromatic carbocycles. The van der Waals surface area contributed by atoms with Crippen LogP contribution in [0.3, 0.4) is 0 Å². The molecule has 0 aliphatic rings. The van der Waals surface area contributed by atoms with E-state index in [-0.39, 0.29) is 0 Å². The van der Waals surface area contributed by atoms with Crippen molar-refractivity contribution < 1.29 is 4.42 Å². The zero-order chi connectivity index (χ0) is 37.5. The van der Waals surface area contributed by atoms with Crippen molar-refractivity contribution >= 4 is 65.6 Å². The zero-order valence-corrected chi connectivity index (χ0v) is 30.9. The van der Waals surface area contributed by atoms with Gasteiger partial charge in [-0.3, -0.25) is 0 Å². The summed E-state index contributed by atoms with van der Waals surface area (Å²) in [5.41, 5.74) is 16.1. The van der Waals surface area contributed by atoms with Crippen LogP contribution in [0.4, 0.5) is 0 Å². The van der Waals surface area contributed by atoms with Gasteiger partial charge in [0.2, 0.25) is 0 Å². The first-order valence-corrected chi connectivity index (χ1v) is 19.5. The van der Waals surface area contributed by atoms with Crippen LogP contribution in [0.2, 0.25) is 0 Å². The van der Waals surface area contributed by atoms with E-state index in [1.807, 2.05) is 12.1 Å². The number of benzene rings is 9. The molecule has 0 aliphatic carbocycles. The molecule has 0 radical (unpaired) electrons. The summed E-state index contributed by atoms with van der Waals surface area (Å²) >= 11 is 0. The van der Waals surface area contributed by atoms with E-state index < -0.39 is 0 Å². The number of furan rings is 1. The normalized spacial score (nSPS) is 11.9. The van der Waals surface area contributed by atoms with Crippen molar-refractivity contribution in [2.24, 2.45) is 0 Å². The molecule has 3 heteroatoms. The van der Waals surface area contributed by atoms with Crippen LogP contribution in [0, 0.1) is 0 Å². The Bertz CT molecular complexity index is 3490. The fraction of sp³-hybridized carbons (Fsp3) is 0. The number of hydrogen-bond donors (Lipinski definition) is 0. The van der Waals surface area contributed by atoms with Gasteiger partial charge in [0.05, 0.1) is 22.1 Å². The van der Waals surface area contributed by atoms with E-state index in [1.54, 1.807) is 0 Å². The maximum absolute atomic E-state index is 6.17. The second kappa shape index (κ2) is 12.5. The van der Waals surface area contributed by atoms with Gasteiger partial charge < -0.3 is 13.6 Å². The third-order valence-corrected chi connectivity index (χ3v) is 11.7. The highest BCUT2D eigenvalue weighted by molar-refractivity contribution is 6.13. The van der Waals surface area contributed by atoms with Gasteiger partial charge in [-0.15, -0.1) is 0 Å². The van der Waals surface area contributed by atoms with Crippen LogP contribution < -0.4 is 0 Å². The smallest absolute Gasteiger partial charge is 0.135 e. The lowest BCUT2D eigenvalue weighted by Gasteiger charge is -2.11. The van der Waals surface area contributed by atoms with Crippen molar-refractivity contribution in [1.82, 2.24) is 9.13 Å².